The lowest BCUT2D eigenvalue weighted by Gasteiger charge is -2.01. The summed E-state index contributed by atoms with van der Waals surface area (Å²) in [4.78, 5) is 11.5. The minimum absolute atomic E-state index is 0.0283. The molecule has 1 rings (SSSR count). The van der Waals surface area contributed by atoms with Gasteiger partial charge >= 0.3 is 5.97 Å². The van der Waals surface area contributed by atoms with Crippen LogP contribution in [0.4, 0.5) is 0 Å². The summed E-state index contributed by atoms with van der Waals surface area (Å²) in [5.41, 5.74) is 2.71. The van der Waals surface area contributed by atoms with Gasteiger partial charge in [-0.05, 0) is 19.8 Å². The van der Waals surface area contributed by atoms with E-state index in [1.54, 1.807) is 0 Å². The fraction of sp³-hybridized carbons (Fsp3) is 0.750. The summed E-state index contributed by atoms with van der Waals surface area (Å²) in [5.74, 6) is 0.0363. The van der Waals surface area contributed by atoms with Gasteiger partial charge in [-0.1, -0.05) is 37.8 Å². The molecule has 2 heteroatoms. The van der Waals surface area contributed by atoms with Crippen molar-refractivity contribution in [2.75, 3.05) is 6.61 Å². The number of hydrogen-bond donors (Lipinski definition) is 0. The number of carbonyl (C=O) groups excluding carboxylic acids is 1. The molecule has 0 saturated carbocycles. The van der Waals surface area contributed by atoms with E-state index in [4.69, 9.17) is 4.74 Å². The maximum Gasteiger partial charge on any atom is 0.317 e. The van der Waals surface area contributed by atoms with Crippen LogP contribution >= 0.6 is 0 Å². The highest BCUT2D eigenvalue weighted by molar-refractivity contribution is 5.85. The average molecular weight is 196 g/mol. The first-order valence-corrected chi connectivity index (χ1v) is 5.64. The Bertz CT molecular complexity index is 225. The minimum Gasteiger partial charge on any atom is -0.465 e. The normalized spacial score (nSPS) is 15.9. The van der Waals surface area contributed by atoms with Crippen molar-refractivity contribution in [3.05, 3.63) is 11.1 Å². The van der Waals surface area contributed by atoms with Crippen LogP contribution in [0.5, 0.6) is 0 Å². The van der Waals surface area contributed by atoms with Crippen molar-refractivity contribution in [3.63, 3.8) is 0 Å². The Hall–Kier alpha value is -0.790. The van der Waals surface area contributed by atoms with Crippen molar-refractivity contribution >= 4 is 5.97 Å². The minimum atomic E-state index is -0.0283. The summed E-state index contributed by atoms with van der Waals surface area (Å²) in [6, 6.07) is 0. The van der Waals surface area contributed by atoms with Crippen molar-refractivity contribution in [1.29, 1.82) is 0 Å². The van der Waals surface area contributed by atoms with Gasteiger partial charge in [-0.3, -0.25) is 4.79 Å². The number of rotatable bonds is 6. The van der Waals surface area contributed by atoms with Crippen LogP contribution in [0.1, 0.15) is 46.5 Å². The van der Waals surface area contributed by atoms with Crippen molar-refractivity contribution in [2.45, 2.75) is 46.5 Å². The van der Waals surface area contributed by atoms with Crippen LogP contribution in [-0.2, 0) is 9.53 Å². The molecule has 0 N–H and O–H groups in total. The summed E-state index contributed by atoms with van der Waals surface area (Å²) in [6.07, 6.45) is 4.38. The summed E-state index contributed by atoms with van der Waals surface area (Å²) in [5, 5.41) is 0. The van der Waals surface area contributed by atoms with Gasteiger partial charge in [-0.25, -0.2) is 0 Å². The van der Waals surface area contributed by atoms with Crippen LogP contribution in [0.3, 0.4) is 0 Å². The maximum absolute atomic E-state index is 11.5. The molecule has 0 atom stereocenters. The van der Waals surface area contributed by atoms with E-state index in [2.05, 4.69) is 13.8 Å². The van der Waals surface area contributed by atoms with Crippen LogP contribution in [0.2, 0.25) is 0 Å². The fourth-order valence-corrected chi connectivity index (χ4v) is 1.98. The zero-order valence-electron chi connectivity index (χ0n) is 9.43. The Morgan fingerprint density at radius 3 is 2.00 bits per heavy atom. The first-order chi connectivity index (χ1) is 6.76. The van der Waals surface area contributed by atoms with E-state index in [1.165, 1.54) is 11.1 Å². The van der Waals surface area contributed by atoms with E-state index < -0.39 is 0 Å². The Balaban J connectivity index is 2.47. The second-order valence-electron chi connectivity index (χ2n) is 3.74. The Kier molecular flexibility index (Phi) is 4.18. The summed E-state index contributed by atoms with van der Waals surface area (Å²) in [7, 11) is 0. The molecule has 0 aromatic heterocycles. The molecule has 80 valence electrons. The molecular weight excluding hydrogens is 176 g/mol. The lowest BCUT2D eigenvalue weighted by molar-refractivity contribution is -0.144. The smallest absolute Gasteiger partial charge is 0.317 e. The molecule has 0 fully saturated rings. The van der Waals surface area contributed by atoms with E-state index in [-0.39, 0.29) is 11.9 Å². The molecule has 0 bridgehead atoms. The zero-order valence-corrected chi connectivity index (χ0v) is 9.43. The molecule has 0 amide bonds. The van der Waals surface area contributed by atoms with E-state index in [9.17, 15) is 4.79 Å². The van der Waals surface area contributed by atoms with Crippen LogP contribution < -0.4 is 0 Å². The third-order valence-corrected chi connectivity index (χ3v) is 2.59. The second kappa shape index (κ2) is 5.18. The van der Waals surface area contributed by atoms with Crippen molar-refractivity contribution in [2.24, 2.45) is 5.92 Å². The monoisotopic (exact) mass is 196 g/mol. The van der Waals surface area contributed by atoms with Gasteiger partial charge in [0.2, 0.25) is 0 Å². The van der Waals surface area contributed by atoms with Crippen LogP contribution in [-0.4, -0.2) is 12.6 Å². The van der Waals surface area contributed by atoms with Gasteiger partial charge < -0.3 is 4.74 Å². The van der Waals surface area contributed by atoms with Crippen molar-refractivity contribution < 1.29 is 9.53 Å². The van der Waals surface area contributed by atoms with Gasteiger partial charge in [0.15, 0.2) is 0 Å². The first kappa shape index (κ1) is 11.3. The molecule has 0 radical (unpaired) electrons. The molecular formula is C12H20O2. The molecule has 0 aromatic rings. The van der Waals surface area contributed by atoms with E-state index in [1.807, 2.05) is 6.92 Å². The van der Waals surface area contributed by atoms with Crippen LogP contribution in [0.15, 0.2) is 11.1 Å². The summed E-state index contributed by atoms with van der Waals surface area (Å²) < 4.78 is 5.04. The van der Waals surface area contributed by atoms with Gasteiger partial charge in [0, 0.05) is 0 Å². The second-order valence-corrected chi connectivity index (χ2v) is 3.74. The van der Waals surface area contributed by atoms with E-state index >= 15 is 0 Å². The molecule has 0 spiro atoms. The highest BCUT2D eigenvalue weighted by Gasteiger charge is 2.41. The number of ether oxygens (including phenoxy) is 1. The van der Waals surface area contributed by atoms with Crippen LogP contribution in [0.25, 0.3) is 0 Å². The Labute approximate surface area is 86.3 Å². The van der Waals surface area contributed by atoms with Gasteiger partial charge in [0.25, 0.3) is 0 Å². The molecule has 0 aliphatic heterocycles. The first-order valence-electron chi connectivity index (χ1n) is 5.64. The lowest BCUT2D eigenvalue weighted by atomic mass is 10.2. The van der Waals surface area contributed by atoms with Gasteiger partial charge in [0.05, 0.1) is 12.5 Å². The largest absolute Gasteiger partial charge is 0.465 e. The Morgan fingerprint density at radius 2 is 1.64 bits per heavy atom. The number of hydrogen-bond acceptors (Lipinski definition) is 2. The molecule has 14 heavy (non-hydrogen) atoms. The molecule has 2 nitrogen and oxygen atoms in total. The van der Waals surface area contributed by atoms with Crippen LogP contribution in [0, 0.1) is 5.92 Å². The van der Waals surface area contributed by atoms with E-state index in [0.29, 0.717) is 6.61 Å². The SMILES string of the molecule is CCCC1=C(CCC)C1C(=O)OCC. The number of carbonyl (C=O) groups is 1. The maximum atomic E-state index is 11.5. The summed E-state index contributed by atoms with van der Waals surface area (Å²) in [6.45, 7) is 6.65. The highest BCUT2D eigenvalue weighted by atomic mass is 16.5. The molecule has 0 saturated heterocycles. The number of esters is 1. The molecule has 0 heterocycles. The predicted octanol–water partition coefficient (Wildman–Crippen LogP) is 3.08. The van der Waals surface area contributed by atoms with Crippen molar-refractivity contribution in [1.82, 2.24) is 0 Å². The topological polar surface area (TPSA) is 26.3 Å². The third-order valence-electron chi connectivity index (χ3n) is 2.59. The molecule has 1 aliphatic carbocycles. The van der Waals surface area contributed by atoms with Gasteiger partial charge in [0.1, 0.15) is 0 Å². The van der Waals surface area contributed by atoms with Gasteiger partial charge in [-0.15, -0.1) is 0 Å². The molecule has 1 aliphatic rings. The molecule has 0 unspecified atom stereocenters. The van der Waals surface area contributed by atoms with Gasteiger partial charge in [-0.2, -0.15) is 0 Å². The standard InChI is InChI=1S/C12H20O2/c1-4-7-9-10(8-5-2)11(9)12(13)14-6-3/h11H,4-8H2,1-3H3. The lowest BCUT2D eigenvalue weighted by Crippen LogP contribution is -2.09. The summed E-state index contributed by atoms with van der Waals surface area (Å²) >= 11 is 0. The van der Waals surface area contributed by atoms with Crippen molar-refractivity contribution in [3.8, 4) is 0 Å². The Morgan fingerprint density at radius 1 is 1.14 bits per heavy atom. The molecule has 0 aromatic carbocycles. The highest BCUT2D eigenvalue weighted by Crippen LogP contribution is 2.45. The predicted molar refractivity (Wildman–Crippen MR) is 57.0 cm³/mol. The zero-order chi connectivity index (χ0) is 10.6. The quantitative estimate of drug-likeness (QED) is 0.482. The van der Waals surface area contributed by atoms with E-state index in [0.717, 1.165) is 25.7 Å². The average Bonchev–Trinajstić information content (AvgIpc) is 2.81. The fourth-order valence-electron chi connectivity index (χ4n) is 1.98. The third kappa shape index (κ3) is 2.37.